The SMILES string of the molecule is CC1c2ccccc2-c2cccc3c2C1c1c-3c2c3cc4ccccc4cc3n(-c3ccc(-c4nc5c(c(C6=CC7C=CC=CC7C=C6)n4)CCC=C5)cc3)c2c2ccccc12. The molecular weight excluding hydrogens is 751 g/mol. The van der Waals surface area contributed by atoms with Gasteiger partial charge in [-0.1, -0.05) is 147 Å². The van der Waals surface area contributed by atoms with Gasteiger partial charge in [-0.05, 0) is 122 Å². The number of hydrogen-bond acceptors (Lipinski definition) is 2. The van der Waals surface area contributed by atoms with Crippen molar-refractivity contribution in [3.8, 4) is 39.3 Å². The molecule has 2 aromatic heterocycles. The summed E-state index contributed by atoms with van der Waals surface area (Å²) in [6, 6.07) is 48.1. The first-order valence-electron chi connectivity index (χ1n) is 22.3. The molecular formula is C59H41N3. The van der Waals surface area contributed by atoms with Gasteiger partial charge in [0.15, 0.2) is 5.82 Å². The molecule has 0 radical (unpaired) electrons. The van der Waals surface area contributed by atoms with Gasteiger partial charge in [-0.25, -0.2) is 9.97 Å². The van der Waals surface area contributed by atoms with Crippen molar-refractivity contribution < 1.29 is 0 Å². The van der Waals surface area contributed by atoms with Gasteiger partial charge in [0.05, 0.1) is 22.4 Å². The first-order chi connectivity index (χ1) is 30.7. The molecule has 0 bridgehead atoms. The highest BCUT2D eigenvalue weighted by atomic mass is 15.0. The monoisotopic (exact) mass is 791 g/mol. The lowest BCUT2D eigenvalue weighted by Crippen LogP contribution is -2.14. The van der Waals surface area contributed by atoms with Gasteiger partial charge < -0.3 is 4.57 Å². The second kappa shape index (κ2) is 12.8. The Balaban J connectivity index is 1.01. The van der Waals surface area contributed by atoms with Gasteiger partial charge in [-0.15, -0.1) is 0 Å². The van der Waals surface area contributed by atoms with Gasteiger partial charge in [0, 0.05) is 50.7 Å². The Hall–Kier alpha value is -7.36. The van der Waals surface area contributed by atoms with Crippen molar-refractivity contribution >= 4 is 55.0 Å². The van der Waals surface area contributed by atoms with E-state index < -0.39 is 0 Å². The predicted octanol–water partition coefficient (Wildman–Crippen LogP) is 14.7. The third-order valence-corrected chi connectivity index (χ3v) is 14.7. The van der Waals surface area contributed by atoms with Crippen LogP contribution in [0.4, 0.5) is 0 Å². The van der Waals surface area contributed by atoms with E-state index in [1.807, 2.05) is 0 Å². The molecule has 5 aliphatic rings. The minimum absolute atomic E-state index is 0.271. The number of aromatic nitrogens is 3. The van der Waals surface area contributed by atoms with Crippen molar-refractivity contribution in [3.63, 3.8) is 0 Å². The van der Waals surface area contributed by atoms with Crippen molar-refractivity contribution in [2.24, 2.45) is 11.8 Å². The maximum absolute atomic E-state index is 5.38. The number of hydrogen-bond donors (Lipinski definition) is 0. The maximum Gasteiger partial charge on any atom is 0.160 e. The fourth-order valence-corrected chi connectivity index (χ4v) is 11.9. The molecule has 3 nitrogen and oxygen atoms in total. The Bertz CT molecular complexity index is 3610. The quantitative estimate of drug-likeness (QED) is 0.178. The fraction of sp³-hybridized carbons (Fsp3) is 0.119. The third kappa shape index (κ3) is 4.71. The first-order valence-corrected chi connectivity index (χ1v) is 22.3. The highest BCUT2D eigenvalue weighted by molar-refractivity contribution is 6.28. The van der Waals surface area contributed by atoms with Crippen LogP contribution in [0.25, 0.3) is 94.3 Å². The molecule has 4 atom stereocenters. The van der Waals surface area contributed by atoms with Gasteiger partial charge in [-0.3, -0.25) is 0 Å². The molecule has 0 aliphatic heterocycles. The van der Waals surface area contributed by atoms with Gasteiger partial charge >= 0.3 is 0 Å². The Kier molecular flexibility index (Phi) is 7.11. The van der Waals surface area contributed by atoms with Crippen LogP contribution in [0.2, 0.25) is 0 Å². The van der Waals surface area contributed by atoms with Crippen LogP contribution in [0, 0.1) is 11.8 Å². The smallest absolute Gasteiger partial charge is 0.160 e. The minimum atomic E-state index is 0.271. The Morgan fingerprint density at radius 2 is 1.39 bits per heavy atom. The van der Waals surface area contributed by atoms with E-state index >= 15 is 0 Å². The molecule has 62 heavy (non-hydrogen) atoms. The highest BCUT2D eigenvalue weighted by Crippen LogP contribution is 2.62. The molecule has 9 aromatic rings. The number of rotatable bonds is 3. The second-order valence-electron chi connectivity index (χ2n) is 17.9. The van der Waals surface area contributed by atoms with Crippen molar-refractivity contribution in [2.75, 3.05) is 0 Å². The lowest BCUT2D eigenvalue weighted by molar-refractivity contribution is 0.662. The average Bonchev–Trinajstić information content (AvgIpc) is 3.86. The van der Waals surface area contributed by atoms with Gasteiger partial charge in [-0.2, -0.15) is 0 Å². The summed E-state index contributed by atoms with van der Waals surface area (Å²) in [5.74, 6) is 2.13. The summed E-state index contributed by atoms with van der Waals surface area (Å²) in [4.78, 5) is 10.6. The Morgan fingerprint density at radius 1 is 0.629 bits per heavy atom. The summed E-state index contributed by atoms with van der Waals surface area (Å²) in [6.45, 7) is 2.45. The van der Waals surface area contributed by atoms with Gasteiger partial charge in [0.2, 0.25) is 0 Å². The van der Waals surface area contributed by atoms with Crippen LogP contribution in [0.5, 0.6) is 0 Å². The summed E-state index contributed by atoms with van der Waals surface area (Å²) >= 11 is 0. The molecule has 14 rings (SSSR count). The van der Waals surface area contributed by atoms with Crippen molar-refractivity contribution in [1.29, 1.82) is 0 Å². The van der Waals surface area contributed by atoms with E-state index in [0.717, 1.165) is 41.3 Å². The van der Waals surface area contributed by atoms with Gasteiger partial charge in [0.25, 0.3) is 0 Å². The molecule has 7 aromatic carbocycles. The van der Waals surface area contributed by atoms with Crippen molar-refractivity contribution in [3.05, 3.63) is 210 Å². The van der Waals surface area contributed by atoms with E-state index in [4.69, 9.17) is 9.97 Å². The molecule has 5 aliphatic carbocycles. The zero-order valence-corrected chi connectivity index (χ0v) is 34.4. The maximum atomic E-state index is 5.38. The van der Waals surface area contributed by atoms with Crippen LogP contribution in [0.3, 0.4) is 0 Å². The third-order valence-electron chi connectivity index (χ3n) is 14.7. The van der Waals surface area contributed by atoms with E-state index in [0.29, 0.717) is 17.8 Å². The zero-order valence-electron chi connectivity index (χ0n) is 34.4. The summed E-state index contributed by atoms with van der Waals surface area (Å²) < 4.78 is 2.54. The summed E-state index contributed by atoms with van der Waals surface area (Å²) in [7, 11) is 0. The minimum Gasteiger partial charge on any atom is -0.309 e. The van der Waals surface area contributed by atoms with E-state index in [-0.39, 0.29) is 5.92 Å². The predicted molar refractivity (Wildman–Crippen MR) is 258 cm³/mol. The zero-order chi connectivity index (χ0) is 40.6. The summed E-state index contributed by atoms with van der Waals surface area (Å²) in [6.07, 6.45) is 22.3. The van der Waals surface area contributed by atoms with Crippen molar-refractivity contribution in [2.45, 2.75) is 31.6 Å². The molecule has 0 amide bonds. The number of nitrogens with zero attached hydrogens (tertiary/aromatic N) is 3. The van der Waals surface area contributed by atoms with Crippen LogP contribution in [0.15, 0.2) is 176 Å². The molecule has 0 fully saturated rings. The molecule has 0 N–H and O–H groups in total. The van der Waals surface area contributed by atoms with Crippen LogP contribution < -0.4 is 0 Å². The fourth-order valence-electron chi connectivity index (χ4n) is 11.9. The average molecular weight is 792 g/mol. The van der Waals surface area contributed by atoms with E-state index in [9.17, 15) is 0 Å². The lowest BCUT2D eigenvalue weighted by Gasteiger charge is -2.32. The highest BCUT2D eigenvalue weighted by Gasteiger charge is 2.42. The van der Waals surface area contributed by atoms with Gasteiger partial charge in [0.1, 0.15) is 0 Å². The van der Waals surface area contributed by atoms with E-state index in [1.165, 1.54) is 93.4 Å². The normalized spacial score (nSPS) is 20.0. The largest absolute Gasteiger partial charge is 0.309 e. The molecule has 3 heteroatoms. The van der Waals surface area contributed by atoms with Crippen molar-refractivity contribution in [1.82, 2.24) is 14.5 Å². The molecule has 2 heterocycles. The number of allylic oxidation sites excluding steroid dienone is 9. The molecule has 4 unspecified atom stereocenters. The molecule has 0 saturated heterocycles. The number of fused-ring (bicyclic) bond motifs is 15. The Labute approximate surface area is 360 Å². The van der Waals surface area contributed by atoms with Crippen LogP contribution in [0.1, 0.15) is 58.8 Å². The molecule has 0 spiro atoms. The van der Waals surface area contributed by atoms with Crippen LogP contribution in [-0.4, -0.2) is 14.5 Å². The Morgan fingerprint density at radius 3 is 2.27 bits per heavy atom. The molecule has 292 valence electrons. The summed E-state index contributed by atoms with van der Waals surface area (Å²) in [5, 5.41) is 7.77. The standard InChI is InChI=1S/C59H41N3/c1-34-42-17-6-7-18-43(42)44-22-12-23-48-53(44)52(34)54-45-19-8-9-20-46(45)58-56(55(48)54)49-32-38-15-4-5-16-39(38)33-51(49)62(58)41-29-27-36(28-30-41)59-60-50-24-11-10-21-47(50)57(61-59)40-26-25-35-13-2-3-14-37(35)31-40/h2-9,11-20,22-35,37,52H,10,21H2,1H3. The lowest BCUT2D eigenvalue weighted by atomic mass is 9.71. The second-order valence-corrected chi connectivity index (χ2v) is 17.9. The topological polar surface area (TPSA) is 30.7 Å². The van der Waals surface area contributed by atoms with Crippen LogP contribution in [-0.2, 0) is 6.42 Å². The molecule has 0 saturated carbocycles. The van der Waals surface area contributed by atoms with Crippen LogP contribution >= 0.6 is 0 Å². The summed E-state index contributed by atoms with van der Waals surface area (Å²) in [5.41, 5.74) is 19.1. The van der Waals surface area contributed by atoms with E-state index in [1.54, 1.807) is 0 Å². The number of benzene rings is 7. The van der Waals surface area contributed by atoms with E-state index in [2.05, 4.69) is 194 Å². The first kappa shape index (κ1) is 34.4.